The van der Waals surface area contributed by atoms with Gasteiger partial charge in [0, 0.05) is 18.9 Å². The summed E-state index contributed by atoms with van der Waals surface area (Å²) in [6.45, 7) is 1.53. The summed E-state index contributed by atoms with van der Waals surface area (Å²) in [6.07, 6.45) is 5.28. The quantitative estimate of drug-likeness (QED) is 0.867. The SMILES string of the molecule is CC(=O)SCC=Cc1ccc(CC(=O)O)nc1. The molecule has 1 N–H and O–H groups in total. The first-order valence-corrected chi connectivity index (χ1v) is 6.03. The molecular weight excluding hydrogens is 238 g/mol. The molecule has 17 heavy (non-hydrogen) atoms. The van der Waals surface area contributed by atoms with Crippen LogP contribution in [0.25, 0.3) is 6.08 Å². The molecule has 0 bridgehead atoms. The topological polar surface area (TPSA) is 67.3 Å². The molecule has 5 heteroatoms. The molecule has 0 saturated carbocycles. The number of aliphatic carboxylic acids is 1. The Labute approximate surface area is 104 Å². The van der Waals surface area contributed by atoms with Crippen molar-refractivity contribution in [2.24, 2.45) is 0 Å². The van der Waals surface area contributed by atoms with Gasteiger partial charge in [-0.2, -0.15) is 0 Å². The van der Waals surface area contributed by atoms with E-state index in [1.54, 1.807) is 18.3 Å². The minimum atomic E-state index is -0.890. The number of carboxylic acid groups (broad SMARTS) is 1. The van der Waals surface area contributed by atoms with E-state index >= 15 is 0 Å². The Morgan fingerprint density at radius 3 is 2.76 bits per heavy atom. The zero-order valence-corrected chi connectivity index (χ0v) is 10.2. The number of carboxylic acids is 1. The normalized spacial score (nSPS) is 10.6. The number of rotatable bonds is 5. The van der Waals surface area contributed by atoms with Gasteiger partial charge in [-0.1, -0.05) is 30.0 Å². The van der Waals surface area contributed by atoms with E-state index in [-0.39, 0.29) is 11.5 Å². The smallest absolute Gasteiger partial charge is 0.309 e. The average molecular weight is 251 g/mol. The van der Waals surface area contributed by atoms with Crippen LogP contribution in [0.4, 0.5) is 0 Å². The van der Waals surface area contributed by atoms with Crippen molar-refractivity contribution in [3.63, 3.8) is 0 Å². The summed E-state index contributed by atoms with van der Waals surface area (Å²) >= 11 is 1.24. The highest BCUT2D eigenvalue weighted by molar-refractivity contribution is 8.13. The number of carbonyl (C=O) groups excluding carboxylic acids is 1. The summed E-state index contributed by atoms with van der Waals surface area (Å²) in [4.78, 5) is 25.1. The summed E-state index contributed by atoms with van der Waals surface area (Å²) in [7, 11) is 0. The number of pyridine rings is 1. The van der Waals surface area contributed by atoms with Crippen molar-refractivity contribution in [1.82, 2.24) is 4.98 Å². The van der Waals surface area contributed by atoms with E-state index in [4.69, 9.17) is 5.11 Å². The summed E-state index contributed by atoms with van der Waals surface area (Å²) in [5.41, 5.74) is 1.43. The molecule has 0 aliphatic carbocycles. The van der Waals surface area contributed by atoms with Crippen LogP contribution in [0.1, 0.15) is 18.2 Å². The van der Waals surface area contributed by atoms with Crippen molar-refractivity contribution in [1.29, 1.82) is 0 Å². The number of hydrogen-bond acceptors (Lipinski definition) is 4. The Balaban J connectivity index is 2.50. The summed E-state index contributed by atoms with van der Waals surface area (Å²) < 4.78 is 0. The lowest BCUT2D eigenvalue weighted by molar-refractivity contribution is -0.136. The third-order valence-electron chi connectivity index (χ3n) is 1.87. The van der Waals surface area contributed by atoms with Crippen molar-refractivity contribution < 1.29 is 14.7 Å². The lowest BCUT2D eigenvalue weighted by Crippen LogP contribution is -2.01. The molecule has 0 aliphatic heterocycles. The van der Waals surface area contributed by atoms with E-state index in [0.29, 0.717) is 11.4 Å². The van der Waals surface area contributed by atoms with Gasteiger partial charge in [-0.05, 0) is 11.6 Å². The monoisotopic (exact) mass is 251 g/mol. The van der Waals surface area contributed by atoms with Gasteiger partial charge < -0.3 is 5.11 Å². The Bertz CT molecular complexity index is 426. The highest BCUT2D eigenvalue weighted by atomic mass is 32.2. The zero-order chi connectivity index (χ0) is 12.7. The van der Waals surface area contributed by atoms with E-state index in [1.807, 2.05) is 12.2 Å². The predicted molar refractivity (Wildman–Crippen MR) is 67.7 cm³/mol. The molecule has 0 fully saturated rings. The van der Waals surface area contributed by atoms with Crippen LogP contribution in [-0.2, 0) is 16.0 Å². The zero-order valence-electron chi connectivity index (χ0n) is 9.42. The number of nitrogens with zero attached hydrogens (tertiary/aromatic N) is 1. The number of aromatic nitrogens is 1. The van der Waals surface area contributed by atoms with Gasteiger partial charge in [0.25, 0.3) is 0 Å². The Morgan fingerprint density at radius 1 is 1.47 bits per heavy atom. The van der Waals surface area contributed by atoms with Gasteiger partial charge in [0.05, 0.1) is 12.1 Å². The first-order valence-electron chi connectivity index (χ1n) is 5.04. The standard InChI is InChI=1S/C12H13NO3S/c1-9(14)17-6-2-3-10-4-5-11(13-8-10)7-12(15)16/h2-5,8H,6-7H2,1H3,(H,15,16). The molecule has 0 radical (unpaired) electrons. The van der Waals surface area contributed by atoms with Crippen LogP contribution < -0.4 is 0 Å². The minimum absolute atomic E-state index is 0.0653. The summed E-state index contributed by atoms with van der Waals surface area (Å²) in [5, 5.41) is 8.66. The highest BCUT2D eigenvalue weighted by Crippen LogP contribution is 2.06. The fraction of sp³-hybridized carbons (Fsp3) is 0.250. The first-order chi connectivity index (χ1) is 8.08. The third-order valence-corrected chi connectivity index (χ3v) is 2.64. The van der Waals surface area contributed by atoms with Gasteiger partial charge >= 0.3 is 5.97 Å². The Morgan fingerprint density at radius 2 is 2.24 bits per heavy atom. The molecule has 1 rings (SSSR count). The van der Waals surface area contributed by atoms with E-state index in [0.717, 1.165) is 5.56 Å². The maximum atomic E-state index is 10.7. The highest BCUT2D eigenvalue weighted by Gasteiger charge is 2.00. The van der Waals surface area contributed by atoms with E-state index in [9.17, 15) is 9.59 Å². The molecule has 0 aromatic carbocycles. The van der Waals surface area contributed by atoms with Gasteiger partial charge in [-0.15, -0.1) is 0 Å². The van der Waals surface area contributed by atoms with Gasteiger partial charge in [0.1, 0.15) is 0 Å². The van der Waals surface area contributed by atoms with Crippen molar-refractivity contribution in [2.75, 3.05) is 5.75 Å². The minimum Gasteiger partial charge on any atom is -0.481 e. The predicted octanol–water partition coefficient (Wildman–Crippen LogP) is 2.00. The van der Waals surface area contributed by atoms with Crippen molar-refractivity contribution in [3.8, 4) is 0 Å². The fourth-order valence-corrected chi connectivity index (χ4v) is 1.57. The van der Waals surface area contributed by atoms with Crippen LogP contribution >= 0.6 is 11.8 Å². The Hall–Kier alpha value is -1.62. The van der Waals surface area contributed by atoms with E-state index < -0.39 is 5.97 Å². The van der Waals surface area contributed by atoms with Gasteiger partial charge in [0.2, 0.25) is 0 Å². The second kappa shape index (κ2) is 6.85. The number of carbonyl (C=O) groups is 2. The molecule has 0 saturated heterocycles. The van der Waals surface area contributed by atoms with E-state index in [2.05, 4.69) is 4.98 Å². The molecule has 0 atom stereocenters. The first kappa shape index (κ1) is 13.4. The maximum absolute atomic E-state index is 10.7. The van der Waals surface area contributed by atoms with Crippen LogP contribution in [0, 0.1) is 0 Å². The van der Waals surface area contributed by atoms with Crippen LogP contribution in [0.5, 0.6) is 0 Å². The van der Waals surface area contributed by atoms with Gasteiger partial charge in [0.15, 0.2) is 5.12 Å². The molecule has 0 aliphatic rings. The number of thioether (sulfide) groups is 1. The van der Waals surface area contributed by atoms with Crippen LogP contribution in [0.3, 0.4) is 0 Å². The van der Waals surface area contributed by atoms with Gasteiger partial charge in [-0.25, -0.2) is 0 Å². The molecule has 90 valence electrons. The maximum Gasteiger partial charge on any atom is 0.309 e. The molecule has 1 aromatic rings. The average Bonchev–Trinajstić information content (AvgIpc) is 2.25. The van der Waals surface area contributed by atoms with Crippen LogP contribution in [0.15, 0.2) is 24.4 Å². The molecule has 4 nitrogen and oxygen atoms in total. The van der Waals surface area contributed by atoms with Crippen molar-refractivity contribution in [2.45, 2.75) is 13.3 Å². The molecule has 1 heterocycles. The van der Waals surface area contributed by atoms with Crippen LogP contribution in [-0.4, -0.2) is 26.9 Å². The molecular formula is C12H13NO3S. The molecule has 0 spiro atoms. The third kappa shape index (κ3) is 5.87. The van der Waals surface area contributed by atoms with Crippen molar-refractivity contribution >= 4 is 28.9 Å². The number of hydrogen-bond donors (Lipinski definition) is 1. The second-order valence-corrected chi connectivity index (χ2v) is 4.56. The van der Waals surface area contributed by atoms with E-state index in [1.165, 1.54) is 18.7 Å². The lowest BCUT2D eigenvalue weighted by atomic mass is 10.2. The molecule has 0 unspecified atom stereocenters. The van der Waals surface area contributed by atoms with Gasteiger partial charge in [-0.3, -0.25) is 14.6 Å². The lowest BCUT2D eigenvalue weighted by Gasteiger charge is -1.97. The second-order valence-electron chi connectivity index (χ2n) is 3.36. The summed E-state index contributed by atoms with van der Waals surface area (Å²) in [6, 6.07) is 3.49. The van der Waals surface area contributed by atoms with Crippen LogP contribution in [0.2, 0.25) is 0 Å². The Kier molecular flexibility index (Phi) is 5.42. The molecule has 1 aromatic heterocycles. The largest absolute Gasteiger partial charge is 0.481 e. The van der Waals surface area contributed by atoms with Crippen molar-refractivity contribution in [3.05, 3.63) is 35.7 Å². The summed E-state index contributed by atoms with van der Waals surface area (Å²) in [5.74, 6) is -0.259. The molecule has 0 amide bonds. The fourth-order valence-electron chi connectivity index (χ4n) is 1.14.